The molecule has 0 fully saturated rings. The van der Waals surface area contributed by atoms with Crippen LogP contribution in [0, 0.1) is 6.92 Å². The number of aromatic nitrogens is 3. The molecule has 0 spiro atoms. The third kappa shape index (κ3) is 4.88. The summed E-state index contributed by atoms with van der Waals surface area (Å²) in [6.07, 6.45) is 1.41. The number of carbonyl (C=O) groups is 2. The van der Waals surface area contributed by atoms with E-state index in [-0.39, 0.29) is 11.7 Å². The van der Waals surface area contributed by atoms with Gasteiger partial charge in [-0.05, 0) is 30.4 Å². The van der Waals surface area contributed by atoms with Crippen molar-refractivity contribution in [3.8, 4) is 0 Å². The topological polar surface area (TPSA) is 86.1 Å². The first-order valence-corrected chi connectivity index (χ1v) is 11.7. The van der Waals surface area contributed by atoms with Gasteiger partial charge >= 0.3 is 5.97 Å². The minimum Gasteiger partial charge on any atom is -0.465 e. The third-order valence-corrected chi connectivity index (χ3v) is 7.33. The van der Waals surface area contributed by atoms with Crippen LogP contribution in [-0.2, 0) is 29.4 Å². The largest absolute Gasteiger partial charge is 0.465 e. The van der Waals surface area contributed by atoms with E-state index in [0.29, 0.717) is 28.6 Å². The minimum atomic E-state index is -0.430. The van der Waals surface area contributed by atoms with Gasteiger partial charge in [0.15, 0.2) is 5.16 Å². The van der Waals surface area contributed by atoms with E-state index in [2.05, 4.69) is 21.6 Å². The predicted octanol–water partition coefficient (Wildman–Crippen LogP) is 3.92. The average Bonchev–Trinajstić information content (AvgIpc) is 3.41. The maximum atomic E-state index is 12.5. The van der Waals surface area contributed by atoms with Crippen LogP contribution in [0.2, 0.25) is 0 Å². The molecule has 1 N–H and O–H groups in total. The molecule has 0 aliphatic rings. The Bertz CT molecular complexity index is 1010. The molecule has 0 saturated carbocycles. The molecule has 0 bridgehead atoms. The van der Waals surface area contributed by atoms with Gasteiger partial charge in [0, 0.05) is 23.2 Å². The van der Waals surface area contributed by atoms with Gasteiger partial charge in [0.25, 0.3) is 0 Å². The molecular weight excluding hydrogens is 428 g/mol. The lowest BCUT2D eigenvalue weighted by molar-refractivity contribution is -0.113. The fraction of sp³-hybridized carbons (Fsp3) is 0.368. The van der Waals surface area contributed by atoms with Gasteiger partial charge < -0.3 is 14.6 Å². The van der Waals surface area contributed by atoms with Gasteiger partial charge in [-0.3, -0.25) is 4.79 Å². The standard InChI is InChI=1S/C19H22N4O3S3/c1-5-13-11(2)29-17(16(13)18(25)26-4)20-15(24)10-28-19-22-21-14(23(19)3)9-12-7-6-8-27-12/h6-8H,5,9-10H2,1-4H3,(H,20,24). The Morgan fingerprint density at radius 3 is 2.79 bits per heavy atom. The van der Waals surface area contributed by atoms with E-state index in [1.807, 2.05) is 36.9 Å². The highest BCUT2D eigenvalue weighted by Crippen LogP contribution is 2.34. The van der Waals surface area contributed by atoms with Crippen LogP contribution in [0.3, 0.4) is 0 Å². The molecule has 3 aromatic rings. The van der Waals surface area contributed by atoms with Crippen molar-refractivity contribution in [1.82, 2.24) is 14.8 Å². The summed E-state index contributed by atoms with van der Waals surface area (Å²) in [5.74, 6) is 0.390. The zero-order valence-corrected chi connectivity index (χ0v) is 19.1. The maximum Gasteiger partial charge on any atom is 0.341 e. The quantitative estimate of drug-likeness (QED) is 0.414. The summed E-state index contributed by atoms with van der Waals surface area (Å²) in [5, 5.41) is 14.5. The second kappa shape index (κ2) is 9.55. The van der Waals surface area contributed by atoms with E-state index in [1.165, 1.54) is 35.1 Å². The monoisotopic (exact) mass is 450 g/mol. The van der Waals surface area contributed by atoms with Crippen LogP contribution in [0.5, 0.6) is 0 Å². The van der Waals surface area contributed by atoms with Crippen molar-refractivity contribution in [3.05, 3.63) is 44.2 Å². The molecule has 0 aromatic carbocycles. The van der Waals surface area contributed by atoms with E-state index in [0.717, 1.165) is 16.3 Å². The number of thiophene rings is 2. The molecule has 0 unspecified atom stereocenters. The zero-order chi connectivity index (χ0) is 21.0. The Morgan fingerprint density at radius 1 is 1.34 bits per heavy atom. The van der Waals surface area contributed by atoms with E-state index in [9.17, 15) is 9.59 Å². The number of rotatable bonds is 8. The van der Waals surface area contributed by atoms with Gasteiger partial charge in [-0.15, -0.1) is 32.9 Å². The normalized spacial score (nSPS) is 10.9. The highest BCUT2D eigenvalue weighted by atomic mass is 32.2. The number of amides is 1. The summed E-state index contributed by atoms with van der Waals surface area (Å²) in [6, 6.07) is 4.07. The van der Waals surface area contributed by atoms with E-state index >= 15 is 0 Å². The van der Waals surface area contributed by atoms with Crippen molar-refractivity contribution in [2.45, 2.75) is 31.8 Å². The number of nitrogens with zero attached hydrogens (tertiary/aromatic N) is 3. The summed E-state index contributed by atoms with van der Waals surface area (Å²) in [6.45, 7) is 3.92. The van der Waals surface area contributed by atoms with Crippen molar-refractivity contribution in [1.29, 1.82) is 0 Å². The van der Waals surface area contributed by atoms with Gasteiger partial charge in [0.05, 0.1) is 18.4 Å². The molecule has 0 radical (unpaired) electrons. The molecule has 3 aromatic heterocycles. The first-order valence-electron chi connectivity index (χ1n) is 8.98. The summed E-state index contributed by atoms with van der Waals surface area (Å²) in [7, 11) is 3.24. The third-order valence-electron chi connectivity index (χ3n) is 4.37. The molecule has 10 heteroatoms. The minimum absolute atomic E-state index is 0.171. The maximum absolute atomic E-state index is 12.5. The Hall–Kier alpha value is -2.17. The van der Waals surface area contributed by atoms with Crippen LogP contribution in [0.25, 0.3) is 0 Å². The lowest BCUT2D eigenvalue weighted by Gasteiger charge is -2.07. The van der Waals surface area contributed by atoms with E-state index in [4.69, 9.17) is 4.74 Å². The second-order valence-corrected chi connectivity index (χ2v) is 9.44. The van der Waals surface area contributed by atoms with E-state index in [1.54, 1.807) is 11.3 Å². The molecule has 1 amide bonds. The molecule has 0 saturated heterocycles. The number of anilines is 1. The number of hydrogen-bond acceptors (Lipinski definition) is 8. The lowest BCUT2D eigenvalue weighted by atomic mass is 10.1. The van der Waals surface area contributed by atoms with Gasteiger partial charge in [-0.1, -0.05) is 24.8 Å². The van der Waals surface area contributed by atoms with Crippen LogP contribution in [-0.4, -0.2) is 39.5 Å². The second-order valence-electron chi connectivity index (χ2n) is 6.24. The van der Waals surface area contributed by atoms with Crippen molar-refractivity contribution in [3.63, 3.8) is 0 Å². The Morgan fingerprint density at radius 2 is 2.14 bits per heavy atom. The Labute approximate surface area is 181 Å². The zero-order valence-electron chi connectivity index (χ0n) is 16.6. The SMILES string of the molecule is CCc1c(C)sc(NC(=O)CSc2nnc(Cc3cccs3)n2C)c1C(=O)OC. The van der Waals surface area contributed by atoms with Gasteiger partial charge in [0.2, 0.25) is 5.91 Å². The molecular formula is C19H22N4O3S3. The van der Waals surface area contributed by atoms with Crippen LogP contribution >= 0.6 is 34.4 Å². The van der Waals surface area contributed by atoms with Crippen LogP contribution < -0.4 is 5.32 Å². The van der Waals surface area contributed by atoms with Crippen molar-refractivity contribution < 1.29 is 14.3 Å². The smallest absolute Gasteiger partial charge is 0.341 e. The molecule has 0 atom stereocenters. The number of esters is 1. The van der Waals surface area contributed by atoms with Gasteiger partial charge in [-0.2, -0.15) is 0 Å². The molecule has 154 valence electrons. The first kappa shape index (κ1) is 21.5. The lowest BCUT2D eigenvalue weighted by Crippen LogP contribution is -2.16. The predicted molar refractivity (Wildman–Crippen MR) is 117 cm³/mol. The number of methoxy groups -OCH3 is 1. The number of carbonyl (C=O) groups excluding carboxylic acids is 2. The summed E-state index contributed by atoms with van der Waals surface area (Å²) in [5.41, 5.74) is 1.36. The van der Waals surface area contributed by atoms with Crippen LogP contribution in [0.4, 0.5) is 5.00 Å². The van der Waals surface area contributed by atoms with Crippen LogP contribution in [0.15, 0.2) is 22.7 Å². The van der Waals surface area contributed by atoms with Crippen molar-refractivity contribution in [2.75, 3.05) is 18.2 Å². The fourth-order valence-corrected chi connectivity index (χ4v) is 5.48. The van der Waals surface area contributed by atoms with Crippen molar-refractivity contribution >= 4 is 51.3 Å². The number of aryl methyl sites for hydroxylation is 1. The number of thioether (sulfide) groups is 1. The van der Waals surface area contributed by atoms with Crippen molar-refractivity contribution in [2.24, 2.45) is 7.05 Å². The van der Waals surface area contributed by atoms with Crippen LogP contribution in [0.1, 0.15) is 38.4 Å². The molecule has 7 nitrogen and oxygen atoms in total. The first-order chi connectivity index (χ1) is 13.9. The summed E-state index contributed by atoms with van der Waals surface area (Å²) >= 11 is 4.39. The summed E-state index contributed by atoms with van der Waals surface area (Å²) < 4.78 is 6.80. The molecule has 0 aliphatic heterocycles. The van der Waals surface area contributed by atoms with Gasteiger partial charge in [-0.25, -0.2) is 4.79 Å². The number of ether oxygens (including phenoxy) is 1. The number of nitrogens with one attached hydrogen (secondary N) is 1. The number of hydrogen-bond donors (Lipinski definition) is 1. The molecule has 29 heavy (non-hydrogen) atoms. The average molecular weight is 451 g/mol. The molecule has 3 heterocycles. The van der Waals surface area contributed by atoms with E-state index < -0.39 is 5.97 Å². The highest BCUT2D eigenvalue weighted by molar-refractivity contribution is 7.99. The Kier molecular flexibility index (Phi) is 7.09. The highest BCUT2D eigenvalue weighted by Gasteiger charge is 2.23. The fourth-order valence-electron chi connectivity index (χ4n) is 2.90. The van der Waals surface area contributed by atoms with Gasteiger partial charge in [0.1, 0.15) is 10.8 Å². The molecule has 0 aliphatic carbocycles. The summed E-state index contributed by atoms with van der Waals surface area (Å²) in [4.78, 5) is 26.9. The molecule has 3 rings (SSSR count). The Balaban J connectivity index is 1.65.